The molecule has 5 heteroatoms. The number of ether oxygens (including phenoxy) is 1. The van der Waals surface area contributed by atoms with Crippen molar-refractivity contribution in [2.24, 2.45) is 5.73 Å². The van der Waals surface area contributed by atoms with Gasteiger partial charge in [0.1, 0.15) is 12.4 Å². The van der Waals surface area contributed by atoms with Gasteiger partial charge < -0.3 is 10.5 Å². The molecule has 0 radical (unpaired) electrons. The summed E-state index contributed by atoms with van der Waals surface area (Å²) in [4.78, 5) is 1.16. The van der Waals surface area contributed by atoms with E-state index in [1.807, 2.05) is 23.6 Å². The van der Waals surface area contributed by atoms with Crippen molar-refractivity contribution in [2.45, 2.75) is 32.4 Å². The molecule has 0 amide bonds. The Morgan fingerprint density at radius 1 is 1.45 bits per heavy atom. The average molecular weight is 375 g/mol. The topological polar surface area (TPSA) is 35.2 Å². The third kappa shape index (κ3) is 4.22. The first-order chi connectivity index (χ1) is 9.60. The summed E-state index contributed by atoms with van der Waals surface area (Å²) in [6.07, 6.45) is 1.71. The molecule has 0 fully saturated rings. The Morgan fingerprint density at radius 3 is 2.90 bits per heavy atom. The fourth-order valence-corrected chi connectivity index (χ4v) is 3.49. The SMILES string of the molecule is CCC(N)Cc1cccc(Cl)c1OCc1cc(Br)cs1. The van der Waals surface area contributed by atoms with Gasteiger partial charge >= 0.3 is 0 Å². The molecule has 1 unspecified atom stereocenters. The maximum absolute atomic E-state index is 6.26. The molecule has 2 nitrogen and oxygen atoms in total. The Bertz CT molecular complexity index is 573. The van der Waals surface area contributed by atoms with Crippen LogP contribution in [-0.4, -0.2) is 6.04 Å². The first-order valence-electron chi connectivity index (χ1n) is 6.48. The third-order valence-electron chi connectivity index (χ3n) is 3.04. The van der Waals surface area contributed by atoms with Crippen molar-refractivity contribution in [3.8, 4) is 5.75 Å². The zero-order valence-corrected chi connectivity index (χ0v) is 14.4. The molecule has 0 spiro atoms. The maximum Gasteiger partial charge on any atom is 0.141 e. The third-order valence-corrected chi connectivity index (χ3v) is 5.00. The number of hydrogen-bond donors (Lipinski definition) is 1. The molecule has 2 rings (SSSR count). The summed E-state index contributed by atoms with van der Waals surface area (Å²) >= 11 is 11.4. The van der Waals surface area contributed by atoms with Gasteiger partial charge in [-0.1, -0.05) is 30.7 Å². The second-order valence-electron chi connectivity index (χ2n) is 4.62. The van der Waals surface area contributed by atoms with Crippen molar-refractivity contribution in [3.05, 3.63) is 49.6 Å². The molecule has 1 atom stereocenters. The van der Waals surface area contributed by atoms with Crippen LogP contribution in [0.15, 0.2) is 34.1 Å². The highest BCUT2D eigenvalue weighted by Crippen LogP contribution is 2.31. The zero-order valence-electron chi connectivity index (χ0n) is 11.2. The number of thiophene rings is 1. The molecular formula is C15H17BrClNOS. The van der Waals surface area contributed by atoms with Crippen molar-refractivity contribution in [2.75, 3.05) is 0 Å². The van der Waals surface area contributed by atoms with Gasteiger partial charge in [0.15, 0.2) is 0 Å². The van der Waals surface area contributed by atoms with Crippen LogP contribution in [0, 0.1) is 0 Å². The number of benzene rings is 1. The van der Waals surface area contributed by atoms with E-state index < -0.39 is 0 Å². The highest BCUT2D eigenvalue weighted by atomic mass is 79.9. The highest BCUT2D eigenvalue weighted by molar-refractivity contribution is 9.10. The van der Waals surface area contributed by atoms with Gasteiger partial charge in [0.25, 0.3) is 0 Å². The van der Waals surface area contributed by atoms with Crippen LogP contribution in [0.1, 0.15) is 23.8 Å². The summed E-state index contributed by atoms with van der Waals surface area (Å²) in [5.41, 5.74) is 7.10. The minimum atomic E-state index is 0.131. The maximum atomic E-state index is 6.26. The minimum Gasteiger partial charge on any atom is -0.486 e. The molecule has 0 aliphatic rings. The molecule has 1 aromatic heterocycles. The summed E-state index contributed by atoms with van der Waals surface area (Å²) in [5.74, 6) is 0.752. The summed E-state index contributed by atoms with van der Waals surface area (Å²) < 4.78 is 6.99. The van der Waals surface area contributed by atoms with Gasteiger partial charge in [-0.25, -0.2) is 0 Å². The normalized spacial score (nSPS) is 12.4. The van der Waals surface area contributed by atoms with Crippen LogP contribution in [0.3, 0.4) is 0 Å². The van der Waals surface area contributed by atoms with E-state index in [1.165, 1.54) is 0 Å². The molecule has 20 heavy (non-hydrogen) atoms. The Labute approximate surface area is 137 Å². The fourth-order valence-electron chi connectivity index (χ4n) is 1.88. The summed E-state index contributed by atoms with van der Waals surface area (Å²) in [5, 5.41) is 2.68. The molecule has 108 valence electrons. The Kier molecular flexibility index (Phi) is 5.90. The summed E-state index contributed by atoms with van der Waals surface area (Å²) in [6, 6.07) is 8.00. The monoisotopic (exact) mass is 373 g/mol. The Hall–Kier alpha value is -0.550. The van der Waals surface area contributed by atoms with E-state index in [0.717, 1.165) is 33.5 Å². The predicted molar refractivity (Wildman–Crippen MR) is 89.8 cm³/mol. The van der Waals surface area contributed by atoms with Crippen molar-refractivity contribution in [1.29, 1.82) is 0 Å². The number of hydrogen-bond acceptors (Lipinski definition) is 3. The Balaban J connectivity index is 2.12. The van der Waals surface area contributed by atoms with Gasteiger partial charge in [-0.05, 0) is 46.5 Å². The van der Waals surface area contributed by atoms with Crippen LogP contribution in [0.25, 0.3) is 0 Å². The predicted octanol–water partition coefficient (Wildman–Crippen LogP) is 5.02. The van der Waals surface area contributed by atoms with Crippen LogP contribution in [0.4, 0.5) is 0 Å². The van der Waals surface area contributed by atoms with Crippen molar-refractivity contribution < 1.29 is 4.74 Å². The molecule has 0 saturated carbocycles. The quantitative estimate of drug-likeness (QED) is 0.770. The average Bonchev–Trinajstić information content (AvgIpc) is 2.83. The lowest BCUT2D eigenvalue weighted by atomic mass is 10.0. The standard InChI is InChI=1S/C15H17BrClNOS/c1-2-12(18)6-10-4-3-5-14(17)15(10)19-8-13-7-11(16)9-20-13/h3-5,7,9,12H,2,6,8,18H2,1H3. The smallest absolute Gasteiger partial charge is 0.141 e. The van der Waals surface area contributed by atoms with Crippen molar-refractivity contribution >= 4 is 38.9 Å². The van der Waals surface area contributed by atoms with Gasteiger partial charge in [0.05, 0.1) is 5.02 Å². The van der Waals surface area contributed by atoms with Gasteiger partial charge in [0.2, 0.25) is 0 Å². The van der Waals surface area contributed by atoms with E-state index in [0.29, 0.717) is 11.6 Å². The number of nitrogens with two attached hydrogens (primary N) is 1. The van der Waals surface area contributed by atoms with Gasteiger partial charge in [0, 0.05) is 20.8 Å². The van der Waals surface area contributed by atoms with Crippen molar-refractivity contribution in [1.82, 2.24) is 0 Å². The van der Waals surface area contributed by atoms with Crippen LogP contribution < -0.4 is 10.5 Å². The van der Waals surface area contributed by atoms with E-state index in [-0.39, 0.29) is 6.04 Å². The van der Waals surface area contributed by atoms with Crippen LogP contribution >= 0.6 is 38.9 Å². The largest absolute Gasteiger partial charge is 0.486 e. The van der Waals surface area contributed by atoms with Gasteiger partial charge in [-0.2, -0.15) is 0 Å². The first-order valence-corrected chi connectivity index (χ1v) is 8.54. The summed E-state index contributed by atoms with van der Waals surface area (Å²) in [7, 11) is 0. The lowest BCUT2D eigenvalue weighted by Gasteiger charge is -2.15. The second kappa shape index (κ2) is 7.46. The van der Waals surface area contributed by atoms with E-state index in [1.54, 1.807) is 11.3 Å². The number of halogens is 2. The molecule has 2 aromatic rings. The van der Waals surface area contributed by atoms with Gasteiger partial charge in [-0.3, -0.25) is 0 Å². The molecule has 1 aromatic carbocycles. The van der Waals surface area contributed by atoms with Crippen LogP contribution in [-0.2, 0) is 13.0 Å². The van der Waals surface area contributed by atoms with E-state index in [9.17, 15) is 0 Å². The molecule has 0 aliphatic heterocycles. The minimum absolute atomic E-state index is 0.131. The second-order valence-corrected chi connectivity index (χ2v) is 6.94. The number of rotatable bonds is 6. The first kappa shape index (κ1) is 15.8. The van der Waals surface area contributed by atoms with E-state index >= 15 is 0 Å². The number of para-hydroxylation sites is 1. The zero-order chi connectivity index (χ0) is 14.5. The summed E-state index contributed by atoms with van der Waals surface area (Å²) in [6.45, 7) is 2.60. The van der Waals surface area contributed by atoms with E-state index in [4.69, 9.17) is 22.1 Å². The molecule has 0 aliphatic carbocycles. The molecule has 0 saturated heterocycles. The highest BCUT2D eigenvalue weighted by Gasteiger charge is 2.12. The Morgan fingerprint density at radius 2 is 2.25 bits per heavy atom. The molecule has 0 bridgehead atoms. The van der Waals surface area contributed by atoms with Crippen molar-refractivity contribution in [3.63, 3.8) is 0 Å². The lowest BCUT2D eigenvalue weighted by molar-refractivity contribution is 0.306. The van der Waals surface area contributed by atoms with E-state index in [2.05, 4.69) is 28.9 Å². The fraction of sp³-hybridized carbons (Fsp3) is 0.333. The lowest BCUT2D eigenvalue weighted by Crippen LogP contribution is -2.21. The molecular weight excluding hydrogens is 358 g/mol. The molecule has 1 heterocycles. The van der Waals surface area contributed by atoms with Crippen LogP contribution in [0.2, 0.25) is 5.02 Å². The molecule has 2 N–H and O–H groups in total. The van der Waals surface area contributed by atoms with Crippen LogP contribution in [0.5, 0.6) is 5.75 Å². The van der Waals surface area contributed by atoms with Gasteiger partial charge in [-0.15, -0.1) is 11.3 Å².